The van der Waals surface area contributed by atoms with Crippen LogP contribution in [0, 0.1) is 0 Å². The molecule has 0 radical (unpaired) electrons. The van der Waals surface area contributed by atoms with Crippen LogP contribution in [0.1, 0.15) is 0 Å². The first kappa shape index (κ1) is 17.2. The van der Waals surface area contributed by atoms with Crippen molar-refractivity contribution in [3.05, 3.63) is 97.6 Å². The third kappa shape index (κ3) is 3.90. The second kappa shape index (κ2) is 7.99. The van der Waals surface area contributed by atoms with Gasteiger partial charge in [-0.25, -0.2) is 4.79 Å². The van der Waals surface area contributed by atoms with Crippen molar-refractivity contribution in [3.63, 3.8) is 0 Å². The Bertz CT molecular complexity index is 979. The lowest BCUT2D eigenvalue weighted by Gasteiger charge is -2.11. The van der Waals surface area contributed by atoms with Gasteiger partial charge in [0.1, 0.15) is 11.5 Å². The van der Waals surface area contributed by atoms with Crippen LogP contribution in [0.5, 0.6) is 11.5 Å². The molecule has 0 spiro atoms. The second-order valence-corrected chi connectivity index (χ2v) is 5.60. The van der Waals surface area contributed by atoms with E-state index in [0.717, 1.165) is 28.3 Å². The highest BCUT2D eigenvalue weighted by molar-refractivity contribution is 5.91. The van der Waals surface area contributed by atoms with E-state index in [1.807, 2.05) is 48.5 Å². The molecule has 4 aromatic carbocycles. The molecule has 0 saturated heterocycles. The lowest BCUT2D eigenvalue weighted by atomic mass is 10.1. The number of carboxylic acids is 1. The molecule has 0 amide bonds. The molecule has 0 aliphatic carbocycles. The van der Waals surface area contributed by atoms with E-state index in [9.17, 15) is 4.79 Å². The minimum absolute atomic E-state index is 0.833. The lowest BCUT2D eigenvalue weighted by Crippen LogP contribution is -1.87. The van der Waals surface area contributed by atoms with Crippen LogP contribution in [-0.2, 0) is 4.79 Å². The summed E-state index contributed by atoms with van der Waals surface area (Å²) in [6.07, 6.45) is 0.833. The van der Waals surface area contributed by atoms with Crippen molar-refractivity contribution in [2.45, 2.75) is 0 Å². The van der Waals surface area contributed by atoms with Crippen LogP contribution in [0.4, 0.5) is 0 Å². The molecule has 4 aromatic rings. The Hall–Kier alpha value is -3.59. The maximum absolute atomic E-state index is 9.25. The normalized spacial score (nSPS) is 10.0. The summed E-state index contributed by atoms with van der Waals surface area (Å²) in [7, 11) is 0. The number of carboxylic acid groups (broad SMARTS) is 1. The summed E-state index contributed by atoms with van der Waals surface area (Å²) >= 11 is 0. The Kier molecular flexibility index (Phi) is 5.30. The minimum Gasteiger partial charge on any atom is -0.478 e. The molecule has 0 aliphatic rings. The number of rotatable bonds is 3. The van der Waals surface area contributed by atoms with E-state index < -0.39 is 5.97 Å². The number of aliphatic carboxylic acids is 1. The van der Waals surface area contributed by atoms with E-state index in [0.29, 0.717) is 0 Å². The average Bonchev–Trinajstić information content (AvgIpc) is 2.69. The van der Waals surface area contributed by atoms with Crippen LogP contribution in [0.3, 0.4) is 0 Å². The molecular formula is C23H18O3. The molecule has 0 aromatic heterocycles. The Morgan fingerprint density at radius 2 is 1.12 bits per heavy atom. The second-order valence-electron chi connectivity index (χ2n) is 5.60. The van der Waals surface area contributed by atoms with Gasteiger partial charge in [0.15, 0.2) is 0 Å². The molecule has 3 heteroatoms. The Labute approximate surface area is 151 Å². The molecule has 128 valence electrons. The lowest BCUT2D eigenvalue weighted by molar-refractivity contribution is -0.131. The largest absolute Gasteiger partial charge is 0.478 e. The molecule has 0 aliphatic heterocycles. The van der Waals surface area contributed by atoms with Gasteiger partial charge in [-0.2, -0.15) is 0 Å². The van der Waals surface area contributed by atoms with Gasteiger partial charge in [-0.15, -0.1) is 0 Å². The average molecular weight is 342 g/mol. The first-order valence-corrected chi connectivity index (χ1v) is 8.18. The zero-order valence-corrected chi connectivity index (χ0v) is 14.1. The number of fused-ring (bicyclic) bond motifs is 2. The monoisotopic (exact) mass is 342 g/mol. The summed E-state index contributed by atoms with van der Waals surface area (Å²) in [5.74, 6) is 0.805. The van der Waals surface area contributed by atoms with Gasteiger partial charge in [-0.3, -0.25) is 0 Å². The van der Waals surface area contributed by atoms with E-state index in [2.05, 4.69) is 43.0 Å². The van der Waals surface area contributed by atoms with Gasteiger partial charge in [0, 0.05) is 16.8 Å². The number of benzene rings is 4. The summed E-state index contributed by atoms with van der Waals surface area (Å²) in [4.78, 5) is 9.25. The smallest absolute Gasteiger partial charge is 0.327 e. The van der Waals surface area contributed by atoms with Crippen molar-refractivity contribution in [1.29, 1.82) is 0 Å². The molecule has 1 N–H and O–H groups in total. The standard InChI is InChI=1S/C20H14O.C3H4O2/c1-3-11-17-15(7-1)9-5-13-19(17)21-20-14-6-10-16-8-2-4-12-18(16)20;1-2-3(4)5/h1-14H;2H,1H2,(H,4,5). The maximum Gasteiger partial charge on any atom is 0.327 e. The molecule has 0 fully saturated rings. The first-order valence-electron chi connectivity index (χ1n) is 8.18. The summed E-state index contributed by atoms with van der Waals surface area (Å²) < 4.78 is 6.20. The molecule has 0 saturated carbocycles. The third-order valence-electron chi connectivity index (χ3n) is 3.89. The quantitative estimate of drug-likeness (QED) is 0.462. The number of carbonyl (C=O) groups is 1. The van der Waals surface area contributed by atoms with Crippen molar-refractivity contribution >= 4 is 27.5 Å². The minimum atomic E-state index is -0.981. The third-order valence-corrected chi connectivity index (χ3v) is 3.89. The first-order chi connectivity index (χ1) is 12.7. The Morgan fingerprint density at radius 3 is 1.54 bits per heavy atom. The van der Waals surface area contributed by atoms with E-state index in [1.165, 1.54) is 10.8 Å². The number of hydrogen-bond acceptors (Lipinski definition) is 2. The fraction of sp³-hybridized carbons (Fsp3) is 0. The van der Waals surface area contributed by atoms with Crippen LogP contribution >= 0.6 is 0 Å². The van der Waals surface area contributed by atoms with Crippen LogP contribution in [0.2, 0.25) is 0 Å². The highest BCUT2D eigenvalue weighted by Gasteiger charge is 2.05. The van der Waals surface area contributed by atoms with Crippen LogP contribution in [0.15, 0.2) is 97.6 Å². The van der Waals surface area contributed by atoms with Crippen LogP contribution in [-0.4, -0.2) is 11.1 Å². The van der Waals surface area contributed by atoms with Gasteiger partial charge in [0.25, 0.3) is 0 Å². The molecule has 0 bridgehead atoms. The van der Waals surface area contributed by atoms with Gasteiger partial charge in [-0.05, 0) is 22.9 Å². The van der Waals surface area contributed by atoms with Crippen LogP contribution < -0.4 is 4.74 Å². The predicted molar refractivity (Wildman–Crippen MR) is 106 cm³/mol. The van der Waals surface area contributed by atoms with Gasteiger partial charge >= 0.3 is 5.97 Å². The summed E-state index contributed by atoms with van der Waals surface area (Å²) in [5, 5.41) is 12.2. The van der Waals surface area contributed by atoms with Gasteiger partial charge in [-0.1, -0.05) is 79.4 Å². The van der Waals surface area contributed by atoms with E-state index in [-0.39, 0.29) is 0 Å². The number of ether oxygens (including phenoxy) is 1. The van der Waals surface area contributed by atoms with Crippen molar-refractivity contribution in [2.75, 3.05) is 0 Å². The molecule has 26 heavy (non-hydrogen) atoms. The molecule has 0 atom stereocenters. The van der Waals surface area contributed by atoms with Crippen molar-refractivity contribution < 1.29 is 14.6 Å². The molecule has 3 nitrogen and oxygen atoms in total. The fourth-order valence-corrected chi connectivity index (χ4v) is 2.69. The summed E-state index contributed by atoms with van der Waals surface area (Å²) in [6.45, 7) is 2.96. The van der Waals surface area contributed by atoms with Crippen molar-refractivity contribution in [1.82, 2.24) is 0 Å². The zero-order chi connectivity index (χ0) is 18.4. The van der Waals surface area contributed by atoms with Crippen molar-refractivity contribution in [3.8, 4) is 11.5 Å². The summed E-state index contributed by atoms with van der Waals surface area (Å²) in [6, 6.07) is 28.9. The van der Waals surface area contributed by atoms with E-state index >= 15 is 0 Å². The molecular weight excluding hydrogens is 324 g/mol. The Balaban J connectivity index is 0.000000349. The molecule has 4 rings (SSSR count). The SMILES string of the molecule is C=CC(=O)O.c1ccc2c(Oc3cccc4ccccc34)cccc2c1. The van der Waals surface area contributed by atoms with Gasteiger partial charge in [0.05, 0.1) is 0 Å². The highest BCUT2D eigenvalue weighted by atomic mass is 16.5. The van der Waals surface area contributed by atoms with Gasteiger partial charge < -0.3 is 9.84 Å². The predicted octanol–water partition coefficient (Wildman–Crippen LogP) is 6.04. The van der Waals surface area contributed by atoms with Crippen LogP contribution in [0.25, 0.3) is 21.5 Å². The maximum atomic E-state index is 9.25. The van der Waals surface area contributed by atoms with Gasteiger partial charge in [0.2, 0.25) is 0 Å². The fourth-order valence-electron chi connectivity index (χ4n) is 2.69. The highest BCUT2D eigenvalue weighted by Crippen LogP contribution is 2.33. The zero-order valence-electron chi connectivity index (χ0n) is 14.1. The Morgan fingerprint density at radius 1 is 0.731 bits per heavy atom. The topological polar surface area (TPSA) is 46.5 Å². The van der Waals surface area contributed by atoms with Crippen molar-refractivity contribution in [2.24, 2.45) is 0 Å². The van der Waals surface area contributed by atoms with E-state index in [1.54, 1.807) is 0 Å². The summed E-state index contributed by atoms with van der Waals surface area (Å²) in [5.41, 5.74) is 0. The molecule has 0 heterocycles. The molecule has 0 unspecified atom stereocenters. The van der Waals surface area contributed by atoms with E-state index in [4.69, 9.17) is 9.84 Å². The number of hydrogen-bond donors (Lipinski definition) is 1.